The second kappa shape index (κ2) is 10.6. The highest BCUT2D eigenvalue weighted by Gasteiger charge is 2.49. The van der Waals surface area contributed by atoms with Crippen LogP contribution in [0.2, 0.25) is 0 Å². The third-order valence-electron chi connectivity index (χ3n) is 5.72. The molecule has 2 fully saturated rings. The first kappa shape index (κ1) is 29.1. The molecule has 2 aromatic rings. The average molecular weight is 589 g/mol. The number of aromatic amines is 1. The van der Waals surface area contributed by atoms with E-state index in [2.05, 4.69) is 28.3 Å². The summed E-state index contributed by atoms with van der Waals surface area (Å²) in [6, 6.07) is 0. The summed E-state index contributed by atoms with van der Waals surface area (Å²) in [7, 11) is -10.9. The Kier molecular flexibility index (Phi) is 8.12. The second-order valence-corrected chi connectivity index (χ2v) is 11.4. The van der Waals surface area contributed by atoms with Crippen molar-refractivity contribution >= 4 is 32.8 Å². The molecule has 2 aromatic heterocycles. The Labute approximate surface area is 211 Å². The number of nitrogens with one attached hydrogen (secondary N) is 1. The predicted molar refractivity (Wildman–Crippen MR) is 119 cm³/mol. The van der Waals surface area contributed by atoms with Gasteiger partial charge < -0.3 is 50.5 Å². The number of ether oxygens (including phenoxy) is 2. The van der Waals surface area contributed by atoms with Gasteiger partial charge in [-0.1, -0.05) is 0 Å². The number of nitrogen functional groups attached to an aromatic ring is 1. The number of aliphatic hydroxyl groups excluding tert-OH is 5. The van der Waals surface area contributed by atoms with Crippen LogP contribution in [0.15, 0.2) is 11.1 Å². The lowest BCUT2D eigenvalue weighted by Gasteiger charge is -2.38. The van der Waals surface area contributed by atoms with E-state index in [9.17, 15) is 49.2 Å². The van der Waals surface area contributed by atoms with Gasteiger partial charge in [-0.25, -0.2) is 14.1 Å². The van der Waals surface area contributed by atoms with Crippen molar-refractivity contribution in [2.75, 3.05) is 12.3 Å². The molecule has 0 bridgehead atoms. The number of H-pyrrole nitrogens is 1. The van der Waals surface area contributed by atoms with E-state index in [1.165, 1.54) is 6.92 Å². The van der Waals surface area contributed by atoms with Crippen molar-refractivity contribution in [2.24, 2.45) is 0 Å². The van der Waals surface area contributed by atoms with Crippen molar-refractivity contribution in [1.29, 1.82) is 0 Å². The summed E-state index contributed by atoms with van der Waals surface area (Å²) in [5.74, 6) is -0.266. The lowest BCUT2D eigenvalue weighted by atomic mass is 10.0. The van der Waals surface area contributed by atoms with E-state index in [-0.39, 0.29) is 17.1 Å². The van der Waals surface area contributed by atoms with Gasteiger partial charge >= 0.3 is 15.6 Å². The third-order valence-corrected chi connectivity index (χ3v) is 8.32. The number of hydrogen-bond acceptors (Lipinski definition) is 16. The molecule has 0 saturated carbocycles. The quantitative estimate of drug-likeness (QED) is 0.134. The number of nitrogens with two attached hydrogens (primary N) is 1. The summed E-state index contributed by atoms with van der Waals surface area (Å²) in [4.78, 5) is 41.7. The van der Waals surface area contributed by atoms with Crippen LogP contribution < -0.4 is 11.3 Å². The van der Waals surface area contributed by atoms with Crippen LogP contribution in [0.4, 0.5) is 5.95 Å². The summed E-state index contributed by atoms with van der Waals surface area (Å²) < 4.78 is 49.3. The summed E-state index contributed by atoms with van der Waals surface area (Å²) >= 11 is 0. The summed E-state index contributed by atoms with van der Waals surface area (Å²) in [6.45, 7) is 0.291. The zero-order valence-electron chi connectivity index (χ0n) is 19.2. The van der Waals surface area contributed by atoms with Crippen LogP contribution in [0.3, 0.4) is 0 Å². The fraction of sp³-hybridized carbons (Fsp3) is 0.688. The van der Waals surface area contributed by atoms with Gasteiger partial charge in [0.25, 0.3) is 5.56 Å². The Morgan fingerprint density at radius 2 is 1.74 bits per heavy atom. The molecule has 38 heavy (non-hydrogen) atoms. The van der Waals surface area contributed by atoms with Crippen molar-refractivity contribution in [3.05, 3.63) is 16.7 Å². The maximum absolute atomic E-state index is 12.3. The van der Waals surface area contributed by atoms with Gasteiger partial charge in [-0.05, 0) is 6.92 Å². The number of aliphatic hydroxyl groups is 5. The molecule has 214 valence electrons. The monoisotopic (exact) mass is 589 g/mol. The Morgan fingerprint density at radius 1 is 1.05 bits per heavy atom. The molecule has 22 heteroatoms. The van der Waals surface area contributed by atoms with Crippen molar-refractivity contribution in [2.45, 2.75) is 62.2 Å². The first-order chi connectivity index (χ1) is 17.6. The van der Waals surface area contributed by atoms with Crippen molar-refractivity contribution in [1.82, 2.24) is 19.5 Å². The lowest BCUT2D eigenvalue weighted by Crippen LogP contribution is -2.57. The summed E-state index contributed by atoms with van der Waals surface area (Å²) in [6.07, 6.45) is -13.8. The van der Waals surface area contributed by atoms with Crippen molar-refractivity contribution < 1.29 is 67.3 Å². The Bertz CT molecular complexity index is 1320. The zero-order chi connectivity index (χ0) is 28.2. The van der Waals surface area contributed by atoms with Gasteiger partial charge in [-0.2, -0.15) is 9.29 Å². The highest BCUT2D eigenvalue weighted by Crippen LogP contribution is 2.61. The van der Waals surface area contributed by atoms with Crippen LogP contribution in [0, 0.1) is 0 Å². The van der Waals surface area contributed by atoms with Crippen LogP contribution in [-0.2, 0) is 32.0 Å². The maximum Gasteiger partial charge on any atom is 0.483 e. The average Bonchev–Trinajstić information content (AvgIpc) is 3.35. The van der Waals surface area contributed by atoms with E-state index in [1.807, 2.05) is 0 Å². The number of phosphoric ester groups is 2. The molecule has 2 unspecified atom stereocenters. The van der Waals surface area contributed by atoms with E-state index >= 15 is 0 Å². The fourth-order valence-electron chi connectivity index (χ4n) is 3.80. The van der Waals surface area contributed by atoms with Gasteiger partial charge in [0, 0.05) is 0 Å². The molecule has 0 spiro atoms. The third kappa shape index (κ3) is 5.83. The van der Waals surface area contributed by atoms with Crippen LogP contribution in [-0.4, -0.2) is 110 Å². The van der Waals surface area contributed by atoms with Crippen molar-refractivity contribution in [3.8, 4) is 0 Å². The van der Waals surface area contributed by atoms with Crippen LogP contribution in [0.25, 0.3) is 11.2 Å². The van der Waals surface area contributed by atoms with Gasteiger partial charge in [-0.3, -0.25) is 23.4 Å². The Hall–Kier alpha value is -1.87. The molecule has 4 rings (SSSR count). The van der Waals surface area contributed by atoms with Gasteiger partial charge in [0.05, 0.1) is 19.0 Å². The van der Waals surface area contributed by atoms with Gasteiger partial charge in [0.1, 0.15) is 36.6 Å². The number of imidazole rings is 1. The first-order valence-electron chi connectivity index (χ1n) is 10.7. The van der Waals surface area contributed by atoms with Gasteiger partial charge in [0.15, 0.2) is 23.7 Å². The molecule has 0 radical (unpaired) electrons. The minimum atomic E-state index is -5.50. The predicted octanol–water partition coefficient (Wildman–Crippen LogP) is -3.60. The smallest absolute Gasteiger partial charge is 0.388 e. The number of phosphoric acid groups is 2. The molecule has 10 N–H and O–H groups in total. The minimum Gasteiger partial charge on any atom is -0.388 e. The molecule has 2 aliphatic heterocycles. The maximum atomic E-state index is 12.3. The minimum absolute atomic E-state index is 0.0994. The molecular weight excluding hydrogens is 564 g/mol. The van der Waals surface area contributed by atoms with E-state index in [1.54, 1.807) is 0 Å². The summed E-state index contributed by atoms with van der Waals surface area (Å²) in [5.41, 5.74) is 4.59. The number of hydrogen-bond donors (Lipinski definition) is 9. The molecule has 4 heterocycles. The standard InChI is InChI=1S/C16H25N5O15P2/c1-4-7(22)9(24)11(26)15(33-4)35-38(30,31)36-37(28,29)32-2-5-8(23)10(25)14(34-5)21-3-18-6-12(21)19-16(17)20-13(6)27/h3-5,7-11,14-15,22-26H,2H2,1H3,(H,28,29)(H,30,31)(H3,17,19,20,27)/t4-,5-,7-,8-,9+,10-,11+,14-,15-/m1/s1. The normalized spacial score (nSPS) is 37.2. The number of anilines is 1. The molecule has 0 aromatic carbocycles. The topological polar surface area (TPSA) is 311 Å². The first-order valence-corrected chi connectivity index (χ1v) is 13.7. The van der Waals surface area contributed by atoms with E-state index in [4.69, 9.17) is 15.2 Å². The fourth-order valence-corrected chi connectivity index (χ4v) is 5.96. The van der Waals surface area contributed by atoms with Gasteiger partial charge in [0.2, 0.25) is 5.95 Å². The zero-order valence-corrected chi connectivity index (χ0v) is 21.0. The summed E-state index contributed by atoms with van der Waals surface area (Å²) in [5, 5.41) is 50.0. The number of fused-ring (bicyclic) bond motifs is 1. The molecule has 2 saturated heterocycles. The molecule has 0 aliphatic carbocycles. The molecule has 11 atom stereocenters. The second-order valence-electron chi connectivity index (χ2n) is 8.42. The van der Waals surface area contributed by atoms with E-state index in [0.717, 1.165) is 10.9 Å². The molecule has 0 amide bonds. The highest BCUT2D eigenvalue weighted by molar-refractivity contribution is 7.61. The van der Waals surface area contributed by atoms with E-state index in [0.29, 0.717) is 0 Å². The lowest BCUT2D eigenvalue weighted by molar-refractivity contribution is -0.271. The SMILES string of the molecule is C[C@H]1O[C@H](OP(=O)(O)OP(=O)(O)OC[C@H]2O[C@@H](n3cnc4c(=O)[nH]c(N)nc43)[C@H](O)[C@@H]2O)[C@@H](O)[C@@H](O)[C@@H]1O. The van der Waals surface area contributed by atoms with Gasteiger partial charge in [-0.15, -0.1) is 0 Å². The number of nitrogens with zero attached hydrogens (tertiary/aromatic N) is 3. The largest absolute Gasteiger partial charge is 0.483 e. The van der Waals surface area contributed by atoms with E-state index < -0.39 is 83.1 Å². The molecular formula is C16H25N5O15P2. The van der Waals surface area contributed by atoms with Crippen LogP contribution in [0.5, 0.6) is 0 Å². The number of rotatable bonds is 8. The number of aromatic nitrogens is 4. The van der Waals surface area contributed by atoms with Crippen LogP contribution in [0.1, 0.15) is 13.2 Å². The van der Waals surface area contributed by atoms with Crippen LogP contribution >= 0.6 is 15.6 Å². The van der Waals surface area contributed by atoms with Crippen molar-refractivity contribution in [3.63, 3.8) is 0 Å². The molecule has 20 nitrogen and oxygen atoms in total. The Morgan fingerprint density at radius 3 is 2.42 bits per heavy atom. The molecule has 2 aliphatic rings. The Balaban J connectivity index is 1.39. The highest BCUT2D eigenvalue weighted by atomic mass is 31.3.